The number of pyridine rings is 1. The number of amides is 1. The fourth-order valence-corrected chi connectivity index (χ4v) is 2.75. The molecule has 0 bridgehead atoms. The standard InChI is InChI=1S/C12H16N2O3S/c1-9-4-5-13-11(8-9)18(16,17)7-6-14-12(15)10-2-3-10/h4-5,8,10H,2-3,6-7H2,1H3,(H,14,15). The largest absolute Gasteiger partial charge is 0.355 e. The van der Waals surface area contributed by atoms with Crippen molar-refractivity contribution in [1.29, 1.82) is 0 Å². The number of sulfone groups is 1. The van der Waals surface area contributed by atoms with E-state index in [9.17, 15) is 13.2 Å². The number of aromatic nitrogens is 1. The van der Waals surface area contributed by atoms with E-state index in [1.165, 1.54) is 12.3 Å². The van der Waals surface area contributed by atoms with Crippen LogP contribution in [0.4, 0.5) is 0 Å². The molecule has 0 aromatic carbocycles. The molecule has 0 unspecified atom stereocenters. The Morgan fingerprint density at radius 2 is 2.22 bits per heavy atom. The van der Waals surface area contributed by atoms with Crippen LogP contribution < -0.4 is 5.32 Å². The SMILES string of the molecule is Cc1ccnc(S(=O)(=O)CCNC(=O)C2CC2)c1. The van der Waals surface area contributed by atoms with Crippen molar-refractivity contribution in [2.24, 2.45) is 5.92 Å². The molecule has 0 spiro atoms. The normalized spacial score (nSPS) is 15.4. The van der Waals surface area contributed by atoms with Crippen LogP contribution in [0.3, 0.4) is 0 Å². The molecule has 0 radical (unpaired) electrons. The number of rotatable bonds is 5. The number of hydrogen-bond donors (Lipinski definition) is 1. The Bertz CT molecular complexity index is 550. The summed E-state index contributed by atoms with van der Waals surface area (Å²) in [6, 6.07) is 3.28. The van der Waals surface area contributed by atoms with Crippen LogP contribution in [0.1, 0.15) is 18.4 Å². The summed E-state index contributed by atoms with van der Waals surface area (Å²) >= 11 is 0. The lowest BCUT2D eigenvalue weighted by Gasteiger charge is -2.06. The first-order valence-corrected chi connectivity index (χ1v) is 7.57. The summed E-state index contributed by atoms with van der Waals surface area (Å²) in [7, 11) is -3.41. The second-order valence-corrected chi connectivity index (χ2v) is 6.61. The van der Waals surface area contributed by atoms with Crippen LogP contribution in [0, 0.1) is 12.8 Å². The molecular weight excluding hydrogens is 252 g/mol. The van der Waals surface area contributed by atoms with Gasteiger partial charge >= 0.3 is 0 Å². The van der Waals surface area contributed by atoms with Gasteiger partial charge in [-0.05, 0) is 37.5 Å². The zero-order valence-corrected chi connectivity index (χ0v) is 11.0. The lowest BCUT2D eigenvalue weighted by atomic mass is 10.3. The number of nitrogens with one attached hydrogen (secondary N) is 1. The van der Waals surface area contributed by atoms with Crippen LogP contribution >= 0.6 is 0 Å². The Hall–Kier alpha value is -1.43. The molecule has 1 fully saturated rings. The van der Waals surface area contributed by atoms with E-state index >= 15 is 0 Å². The second-order valence-electron chi connectivity index (χ2n) is 4.56. The Kier molecular flexibility index (Phi) is 3.65. The molecule has 1 amide bonds. The van der Waals surface area contributed by atoms with Gasteiger partial charge in [-0.15, -0.1) is 0 Å². The number of carbonyl (C=O) groups is 1. The first-order valence-electron chi connectivity index (χ1n) is 5.92. The number of nitrogens with zero attached hydrogens (tertiary/aromatic N) is 1. The number of carbonyl (C=O) groups excluding carboxylic acids is 1. The molecule has 18 heavy (non-hydrogen) atoms. The maximum atomic E-state index is 11.9. The van der Waals surface area contributed by atoms with Crippen molar-refractivity contribution in [3.8, 4) is 0 Å². The quantitative estimate of drug-likeness (QED) is 0.852. The third kappa shape index (κ3) is 3.29. The number of aryl methyl sites for hydroxylation is 1. The molecule has 2 rings (SSSR count). The van der Waals surface area contributed by atoms with Gasteiger partial charge in [-0.25, -0.2) is 13.4 Å². The Balaban J connectivity index is 1.92. The van der Waals surface area contributed by atoms with Gasteiger partial charge in [0, 0.05) is 18.7 Å². The van der Waals surface area contributed by atoms with Gasteiger partial charge in [-0.2, -0.15) is 0 Å². The van der Waals surface area contributed by atoms with E-state index in [0.29, 0.717) is 0 Å². The van der Waals surface area contributed by atoms with E-state index in [1.807, 2.05) is 6.92 Å². The van der Waals surface area contributed by atoms with Gasteiger partial charge in [0.25, 0.3) is 0 Å². The lowest BCUT2D eigenvalue weighted by molar-refractivity contribution is -0.122. The fourth-order valence-electron chi connectivity index (χ4n) is 1.58. The highest BCUT2D eigenvalue weighted by atomic mass is 32.2. The topological polar surface area (TPSA) is 76.1 Å². The number of hydrogen-bond acceptors (Lipinski definition) is 4. The highest BCUT2D eigenvalue weighted by Crippen LogP contribution is 2.28. The first kappa shape index (κ1) is 13.0. The van der Waals surface area contributed by atoms with Crippen LogP contribution in [0.2, 0.25) is 0 Å². The van der Waals surface area contributed by atoms with Crippen molar-refractivity contribution in [2.45, 2.75) is 24.8 Å². The third-order valence-corrected chi connectivity index (χ3v) is 4.43. The van der Waals surface area contributed by atoms with Crippen LogP contribution in [0.5, 0.6) is 0 Å². The fraction of sp³-hybridized carbons (Fsp3) is 0.500. The Morgan fingerprint density at radius 3 is 2.83 bits per heavy atom. The summed E-state index contributed by atoms with van der Waals surface area (Å²) in [5.74, 6) is -0.0470. The molecule has 1 heterocycles. The molecule has 1 N–H and O–H groups in total. The molecule has 98 valence electrons. The summed E-state index contributed by atoms with van der Waals surface area (Å²) in [4.78, 5) is 15.2. The summed E-state index contributed by atoms with van der Waals surface area (Å²) in [5.41, 5.74) is 0.852. The zero-order chi connectivity index (χ0) is 13.2. The molecule has 6 heteroatoms. The highest BCUT2D eigenvalue weighted by molar-refractivity contribution is 7.91. The molecule has 5 nitrogen and oxygen atoms in total. The lowest BCUT2D eigenvalue weighted by Crippen LogP contribution is -2.30. The zero-order valence-electron chi connectivity index (χ0n) is 10.2. The van der Waals surface area contributed by atoms with Gasteiger partial charge in [0.2, 0.25) is 5.91 Å². The van der Waals surface area contributed by atoms with Crippen LogP contribution in [0.15, 0.2) is 23.4 Å². The van der Waals surface area contributed by atoms with Crippen LogP contribution in [-0.4, -0.2) is 31.6 Å². The van der Waals surface area contributed by atoms with Crippen molar-refractivity contribution in [2.75, 3.05) is 12.3 Å². The monoisotopic (exact) mass is 268 g/mol. The van der Waals surface area contributed by atoms with E-state index in [0.717, 1.165) is 18.4 Å². The molecule has 1 aliphatic carbocycles. The van der Waals surface area contributed by atoms with Gasteiger partial charge in [-0.3, -0.25) is 4.79 Å². The van der Waals surface area contributed by atoms with Gasteiger partial charge < -0.3 is 5.32 Å². The van der Waals surface area contributed by atoms with Crippen molar-refractivity contribution in [1.82, 2.24) is 10.3 Å². The molecule has 1 aromatic rings. The molecule has 1 aromatic heterocycles. The highest BCUT2D eigenvalue weighted by Gasteiger charge is 2.29. The minimum atomic E-state index is -3.41. The minimum absolute atomic E-state index is 0.0394. The average molecular weight is 268 g/mol. The van der Waals surface area contributed by atoms with Crippen LogP contribution in [0.25, 0.3) is 0 Å². The molecular formula is C12H16N2O3S. The smallest absolute Gasteiger partial charge is 0.223 e. The average Bonchev–Trinajstić information content (AvgIpc) is 3.12. The van der Waals surface area contributed by atoms with Crippen molar-refractivity contribution in [3.63, 3.8) is 0 Å². The molecule has 0 aliphatic heterocycles. The van der Waals surface area contributed by atoms with E-state index in [1.54, 1.807) is 6.07 Å². The molecule has 0 saturated heterocycles. The molecule has 1 aliphatic rings. The second kappa shape index (κ2) is 5.06. The Labute approximate surface area is 107 Å². The predicted octanol–water partition coefficient (Wildman–Crippen LogP) is 0.690. The van der Waals surface area contributed by atoms with E-state index in [2.05, 4.69) is 10.3 Å². The third-order valence-electron chi connectivity index (χ3n) is 2.83. The van der Waals surface area contributed by atoms with Gasteiger partial charge in [0.05, 0.1) is 5.75 Å². The van der Waals surface area contributed by atoms with Crippen LogP contribution in [-0.2, 0) is 14.6 Å². The first-order chi connectivity index (χ1) is 8.49. The van der Waals surface area contributed by atoms with Crippen molar-refractivity contribution in [3.05, 3.63) is 23.9 Å². The predicted molar refractivity (Wildman–Crippen MR) is 66.8 cm³/mol. The molecule has 1 saturated carbocycles. The summed E-state index contributed by atoms with van der Waals surface area (Å²) < 4.78 is 23.9. The summed E-state index contributed by atoms with van der Waals surface area (Å²) in [6.45, 7) is 1.96. The van der Waals surface area contributed by atoms with E-state index < -0.39 is 9.84 Å². The maximum absolute atomic E-state index is 11.9. The Morgan fingerprint density at radius 1 is 1.50 bits per heavy atom. The summed E-state index contributed by atoms with van der Waals surface area (Å²) in [5, 5.41) is 2.71. The minimum Gasteiger partial charge on any atom is -0.355 e. The van der Waals surface area contributed by atoms with E-state index in [4.69, 9.17) is 0 Å². The van der Waals surface area contributed by atoms with Gasteiger partial charge in [-0.1, -0.05) is 0 Å². The van der Waals surface area contributed by atoms with E-state index in [-0.39, 0.29) is 29.1 Å². The van der Waals surface area contributed by atoms with Gasteiger partial charge in [0.1, 0.15) is 0 Å². The van der Waals surface area contributed by atoms with Crippen molar-refractivity contribution >= 4 is 15.7 Å². The molecule has 0 atom stereocenters. The maximum Gasteiger partial charge on any atom is 0.223 e. The summed E-state index contributed by atoms with van der Waals surface area (Å²) in [6.07, 6.45) is 3.31. The van der Waals surface area contributed by atoms with Crippen molar-refractivity contribution < 1.29 is 13.2 Å². The van der Waals surface area contributed by atoms with Gasteiger partial charge in [0.15, 0.2) is 14.9 Å².